The first-order valence-corrected chi connectivity index (χ1v) is 4.90. The van der Waals surface area contributed by atoms with E-state index in [0.29, 0.717) is 19.4 Å². The topological polar surface area (TPSA) is 63.4 Å². The molecule has 1 unspecified atom stereocenters. The van der Waals surface area contributed by atoms with Crippen LogP contribution in [0.15, 0.2) is 0 Å². The molecule has 1 rings (SSSR count). The molecule has 2 N–H and O–H groups in total. The molecule has 2 amide bonds. The van der Waals surface area contributed by atoms with Crippen molar-refractivity contribution in [3.8, 4) is 0 Å². The highest BCUT2D eigenvalue weighted by Crippen LogP contribution is 2.31. The van der Waals surface area contributed by atoms with Gasteiger partial charge < -0.3 is 5.73 Å². The van der Waals surface area contributed by atoms with Gasteiger partial charge in [0.1, 0.15) is 0 Å². The lowest BCUT2D eigenvalue weighted by molar-refractivity contribution is -0.152. The SMILES string of the molecule is CC(N)CN1C(=O)CC(C)(C)CC1=O. The van der Waals surface area contributed by atoms with Gasteiger partial charge in [-0.25, -0.2) is 0 Å². The number of piperidine rings is 1. The van der Waals surface area contributed by atoms with Gasteiger partial charge in [0.2, 0.25) is 11.8 Å². The molecule has 14 heavy (non-hydrogen) atoms. The molecule has 0 spiro atoms. The van der Waals surface area contributed by atoms with E-state index in [9.17, 15) is 9.59 Å². The molecule has 80 valence electrons. The number of nitrogens with two attached hydrogens (primary N) is 1. The average Bonchev–Trinajstić information content (AvgIpc) is 1.94. The molecule has 0 radical (unpaired) electrons. The van der Waals surface area contributed by atoms with E-state index >= 15 is 0 Å². The highest BCUT2D eigenvalue weighted by atomic mass is 16.2. The Morgan fingerprint density at radius 1 is 1.36 bits per heavy atom. The smallest absolute Gasteiger partial charge is 0.229 e. The molecule has 0 saturated carbocycles. The van der Waals surface area contributed by atoms with E-state index in [1.807, 2.05) is 13.8 Å². The molecule has 1 heterocycles. The number of likely N-dealkylation sites (tertiary alicyclic amines) is 1. The van der Waals surface area contributed by atoms with Crippen molar-refractivity contribution in [3.05, 3.63) is 0 Å². The first-order valence-electron chi connectivity index (χ1n) is 4.90. The molecule has 0 aromatic carbocycles. The van der Waals surface area contributed by atoms with Crippen LogP contribution in [0.3, 0.4) is 0 Å². The Kier molecular flexibility index (Phi) is 2.95. The molecule has 0 aromatic heterocycles. The van der Waals surface area contributed by atoms with Gasteiger partial charge in [-0.2, -0.15) is 0 Å². The summed E-state index contributed by atoms with van der Waals surface area (Å²) in [6.45, 7) is 6.01. The van der Waals surface area contributed by atoms with Crippen molar-refractivity contribution < 1.29 is 9.59 Å². The van der Waals surface area contributed by atoms with Gasteiger partial charge in [-0.1, -0.05) is 13.8 Å². The Hall–Kier alpha value is -0.900. The summed E-state index contributed by atoms with van der Waals surface area (Å²) in [4.78, 5) is 24.5. The van der Waals surface area contributed by atoms with Crippen LogP contribution in [0.25, 0.3) is 0 Å². The number of carbonyl (C=O) groups is 2. The maximum absolute atomic E-state index is 11.6. The van der Waals surface area contributed by atoms with Crippen molar-refractivity contribution in [1.29, 1.82) is 0 Å². The molecule has 1 atom stereocenters. The largest absolute Gasteiger partial charge is 0.326 e. The number of imide groups is 1. The Balaban J connectivity index is 2.71. The first-order chi connectivity index (χ1) is 6.32. The van der Waals surface area contributed by atoms with Crippen LogP contribution in [0, 0.1) is 5.41 Å². The maximum Gasteiger partial charge on any atom is 0.229 e. The van der Waals surface area contributed by atoms with E-state index in [1.54, 1.807) is 6.92 Å². The second kappa shape index (κ2) is 3.69. The van der Waals surface area contributed by atoms with Gasteiger partial charge in [-0.3, -0.25) is 14.5 Å². The molecule has 1 aliphatic heterocycles. The van der Waals surface area contributed by atoms with E-state index < -0.39 is 0 Å². The number of hydrogen-bond donors (Lipinski definition) is 1. The normalized spacial score (nSPS) is 23.9. The van der Waals surface area contributed by atoms with Gasteiger partial charge in [0.15, 0.2) is 0 Å². The van der Waals surface area contributed by atoms with Crippen LogP contribution < -0.4 is 5.73 Å². The number of hydrogen-bond acceptors (Lipinski definition) is 3. The van der Waals surface area contributed by atoms with E-state index in [-0.39, 0.29) is 23.3 Å². The summed E-state index contributed by atoms with van der Waals surface area (Å²) in [5.74, 6) is -0.188. The van der Waals surface area contributed by atoms with Gasteiger partial charge >= 0.3 is 0 Å². The zero-order valence-electron chi connectivity index (χ0n) is 9.04. The molecule has 0 bridgehead atoms. The summed E-state index contributed by atoms with van der Waals surface area (Å²) in [6, 6.07) is -0.149. The summed E-state index contributed by atoms with van der Waals surface area (Å²) in [7, 11) is 0. The quantitative estimate of drug-likeness (QED) is 0.657. The molecule has 4 heteroatoms. The lowest BCUT2D eigenvalue weighted by atomic mass is 9.81. The van der Waals surface area contributed by atoms with Crippen LogP contribution in [-0.2, 0) is 9.59 Å². The molecule has 0 aliphatic carbocycles. The Bertz CT molecular complexity index is 239. The van der Waals surface area contributed by atoms with Crippen molar-refractivity contribution in [3.63, 3.8) is 0 Å². The summed E-state index contributed by atoms with van der Waals surface area (Å²) in [6.07, 6.45) is 0.872. The van der Waals surface area contributed by atoms with Crippen molar-refractivity contribution in [2.75, 3.05) is 6.54 Å². The second-order valence-corrected chi connectivity index (χ2v) is 4.89. The lowest BCUT2D eigenvalue weighted by Crippen LogP contribution is -2.49. The van der Waals surface area contributed by atoms with Crippen molar-refractivity contribution >= 4 is 11.8 Å². The van der Waals surface area contributed by atoms with E-state index in [4.69, 9.17) is 5.73 Å². The monoisotopic (exact) mass is 198 g/mol. The third-order valence-electron chi connectivity index (χ3n) is 2.33. The minimum absolute atomic E-state index is 0.0939. The second-order valence-electron chi connectivity index (χ2n) is 4.89. The van der Waals surface area contributed by atoms with E-state index in [0.717, 1.165) is 0 Å². The van der Waals surface area contributed by atoms with E-state index in [1.165, 1.54) is 4.90 Å². The zero-order chi connectivity index (χ0) is 10.9. The number of rotatable bonds is 2. The minimum Gasteiger partial charge on any atom is -0.326 e. The summed E-state index contributed by atoms with van der Waals surface area (Å²) in [5, 5.41) is 0. The van der Waals surface area contributed by atoms with Crippen LogP contribution in [0.2, 0.25) is 0 Å². The molecule has 1 fully saturated rings. The first kappa shape index (κ1) is 11.2. The molecular weight excluding hydrogens is 180 g/mol. The third-order valence-corrected chi connectivity index (χ3v) is 2.33. The van der Waals surface area contributed by atoms with Gasteiger partial charge in [-0.15, -0.1) is 0 Å². The van der Waals surface area contributed by atoms with Crippen LogP contribution >= 0.6 is 0 Å². The van der Waals surface area contributed by atoms with Crippen molar-refractivity contribution in [1.82, 2.24) is 4.90 Å². The Morgan fingerprint density at radius 2 is 1.79 bits per heavy atom. The van der Waals surface area contributed by atoms with Crippen molar-refractivity contribution in [2.24, 2.45) is 11.1 Å². The fraction of sp³-hybridized carbons (Fsp3) is 0.800. The minimum atomic E-state index is -0.192. The van der Waals surface area contributed by atoms with Gasteiger partial charge in [0.25, 0.3) is 0 Å². The van der Waals surface area contributed by atoms with Gasteiger partial charge in [-0.05, 0) is 12.3 Å². The Labute approximate surface area is 84.4 Å². The van der Waals surface area contributed by atoms with Gasteiger partial charge in [0.05, 0.1) is 0 Å². The number of nitrogens with zero attached hydrogens (tertiary/aromatic N) is 1. The Morgan fingerprint density at radius 3 is 2.14 bits per heavy atom. The molecule has 0 aromatic rings. The highest BCUT2D eigenvalue weighted by molar-refractivity contribution is 5.98. The fourth-order valence-electron chi connectivity index (χ4n) is 1.70. The predicted molar refractivity (Wildman–Crippen MR) is 53.4 cm³/mol. The van der Waals surface area contributed by atoms with Gasteiger partial charge in [0, 0.05) is 25.4 Å². The average molecular weight is 198 g/mol. The number of amides is 2. The van der Waals surface area contributed by atoms with Crippen molar-refractivity contribution in [2.45, 2.75) is 39.7 Å². The van der Waals surface area contributed by atoms with Crippen LogP contribution in [0.1, 0.15) is 33.6 Å². The molecule has 1 aliphatic rings. The van der Waals surface area contributed by atoms with Crippen LogP contribution in [0.4, 0.5) is 0 Å². The zero-order valence-corrected chi connectivity index (χ0v) is 9.04. The molecule has 4 nitrogen and oxygen atoms in total. The highest BCUT2D eigenvalue weighted by Gasteiger charge is 2.37. The van der Waals surface area contributed by atoms with Crippen LogP contribution in [-0.4, -0.2) is 29.3 Å². The third kappa shape index (κ3) is 2.54. The molecular formula is C10H18N2O2. The predicted octanol–water partition coefficient (Wildman–Crippen LogP) is 0.509. The fourth-order valence-corrected chi connectivity index (χ4v) is 1.70. The number of carbonyl (C=O) groups excluding carboxylic acids is 2. The maximum atomic E-state index is 11.6. The summed E-state index contributed by atoms with van der Waals surface area (Å²) in [5.41, 5.74) is 5.38. The summed E-state index contributed by atoms with van der Waals surface area (Å²) < 4.78 is 0. The standard InChI is InChI=1S/C10H18N2O2/c1-7(11)6-12-8(13)4-10(2,3)5-9(12)14/h7H,4-6,11H2,1-3H3. The summed E-state index contributed by atoms with van der Waals surface area (Å²) >= 11 is 0. The molecule has 1 saturated heterocycles. The lowest BCUT2D eigenvalue weighted by Gasteiger charge is -2.35. The van der Waals surface area contributed by atoms with E-state index in [2.05, 4.69) is 0 Å². The van der Waals surface area contributed by atoms with Crippen LogP contribution in [0.5, 0.6) is 0 Å².